The zero-order valence-corrected chi connectivity index (χ0v) is 16.2. The predicted molar refractivity (Wildman–Crippen MR) is 96.0 cm³/mol. The minimum Gasteiger partial charge on any atom is -0.506 e. The monoisotopic (exact) mass is 439 g/mol. The summed E-state index contributed by atoms with van der Waals surface area (Å²) in [7, 11) is -4.28. The Bertz CT molecular complexity index is 905. The summed E-state index contributed by atoms with van der Waals surface area (Å²) in [5.41, 5.74) is 0.177. The molecule has 29 heavy (non-hydrogen) atoms. The Kier molecular flexibility index (Phi) is 5.95. The topological polar surface area (TPSA) is 90.0 Å². The standard InChI is InChI=1S/C17H21F4N3O4S/c18-15-12-9-23(6-3-1-2-5-17(19,20)21)7-4-11(12)8-13(25)16(15)24-10-14(26)22-29(24,27)28/h8,25H,1-7,9-10H2,(H,22,26). The van der Waals surface area contributed by atoms with E-state index in [9.17, 15) is 31.5 Å². The Labute approximate surface area is 165 Å². The lowest BCUT2D eigenvalue weighted by molar-refractivity contribution is -0.135. The first-order valence-corrected chi connectivity index (χ1v) is 10.6. The van der Waals surface area contributed by atoms with E-state index in [1.165, 1.54) is 6.07 Å². The number of amides is 1. The van der Waals surface area contributed by atoms with E-state index < -0.39 is 52.5 Å². The lowest BCUT2D eigenvalue weighted by Crippen LogP contribution is -2.34. The molecule has 1 fully saturated rings. The second-order valence-corrected chi connectivity index (χ2v) is 8.78. The highest BCUT2D eigenvalue weighted by molar-refractivity contribution is 7.92. The van der Waals surface area contributed by atoms with Crippen LogP contribution in [0.2, 0.25) is 0 Å². The number of halogens is 4. The number of hydrogen-bond acceptors (Lipinski definition) is 5. The molecule has 1 saturated heterocycles. The summed E-state index contributed by atoms with van der Waals surface area (Å²) in [6.07, 6.45) is -3.63. The van der Waals surface area contributed by atoms with Crippen LogP contribution >= 0.6 is 0 Å². The minimum atomic E-state index is -4.28. The van der Waals surface area contributed by atoms with Gasteiger partial charge in [-0.2, -0.15) is 21.6 Å². The number of anilines is 1. The van der Waals surface area contributed by atoms with Crippen LogP contribution < -0.4 is 9.03 Å². The molecule has 3 rings (SSSR count). The molecule has 1 aromatic carbocycles. The maximum atomic E-state index is 15.1. The van der Waals surface area contributed by atoms with E-state index in [0.29, 0.717) is 42.2 Å². The Balaban J connectivity index is 1.71. The minimum absolute atomic E-state index is 0.0359. The SMILES string of the molecule is O=C1CN(c2c(O)cc3c(c2F)CN(CCCCCC(F)(F)F)CC3)S(=O)(=O)N1. The summed E-state index contributed by atoms with van der Waals surface area (Å²) in [6.45, 7) is 0.541. The van der Waals surface area contributed by atoms with Gasteiger partial charge in [0.25, 0.3) is 5.91 Å². The highest BCUT2D eigenvalue weighted by atomic mass is 32.2. The molecule has 2 heterocycles. The molecular weight excluding hydrogens is 418 g/mol. The molecule has 0 unspecified atom stereocenters. The number of aromatic hydroxyl groups is 1. The average Bonchev–Trinajstić information content (AvgIpc) is 2.86. The molecule has 0 aromatic heterocycles. The van der Waals surface area contributed by atoms with Gasteiger partial charge in [0.15, 0.2) is 5.82 Å². The van der Waals surface area contributed by atoms with E-state index in [1.54, 1.807) is 4.72 Å². The first-order valence-electron chi connectivity index (χ1n) is 9.13. The normalized spacial score (nSPS) is 19.3. The number of phenolic OH excluding ortho intramolecular Hbond substituents is 1. The zero-order chi connectivity index (χ0) is 21.4. The third kappa shape index (κ3) is 4.92. The highest BCUT2D eigenvalue weighted by Crippen LogP contribution is 2.39. The quantitative estimate of drug-likeness (QED) is 0.524. The number of phenols is 1. The molecule has 2 aliphatic rings. The molecule has 0 aliphatic carbocycles. The van der Waals surface area contributed by atoms with Crippen LogP contribution in [0.3, 0.4) is 0 Å². The molecule has 2 N–H and O–H groups in total. The summed E-state index contributed by atoms with van der Waals surface area (Å²) in [6, 6.07) is 1.30. The van der Waals surface area contributed by atoms with Gasteiger partial charge in [-0.25, -0.2) is 13.4 Å². The molecule has 0 radical (unpaired) electrons. The second kappa shape index (κ2) is 7.98. The Morgan fingerprint density at radius 2 is 1.90 bits per heavy atom. The Hall–Kier alpha value is -2.08. The van der Waals surface area contributed by atoms with Crippen molar-refractivity contribution in [3.63, 3.8) is 0 Å². The van der Waals surface area contributed by atoms with Gasteiger partial charge in [-0.3, -0.25) is 9.69 Å². The maximum absolute atomic E-state index is 15.1. The Morgan fingerprint density at radius 3 is 2.52 bits per heavy atom. The van der Waals surface area contributed by atoms with Crippen molar-refractivity contribution in [2.75, 3.05) is 23.9 Å². The largest absolute Gasteiger partial charge is 0.506 e. The number of unbranched alkanes of at least 4 members (excludes halogenated alkanes) is 2. The van der Waals surface area contributed by atoms with Crippen molar-refractivity contribution >= 4 is 21.8 Å². The Morgan fingerprint density at radius 1 is 1.17 bits per heavy atom. The first kappa shape index (κ1) is 21.6. The van der Waals surface area contributed by atoms with Crippen LogP contribution in [0.15, 0.2) is 6.07 Å². The van der Waals surface area contributed by atoms with Gasteiger partial charge in [0.1, 0.15) is 18.0 Å². The van der Waals surface area contributed by atoms with Crippen molar-refractivity contribution in [3.8, 4) is 5.75 Å². The number of benzene rings is 1. The fraction of sp³-hybridized carbons (Fsp3) is 0.588. The number of rotatable bonds is 6. The van der Waals surface area contributed by atoms with Gasteiger partial charge in [-0.05, 0) is 37.4 Å². The van der Waals surface area contributed by atoms with Crippen molar-refractivity contribution in [2.24, 2.45) is 0 Å². The molecule has 1 amide bonds. The number of fused-ring (bicyclic) bond motifs is 1. The molecule has 0 spiro atoms. The smallest absolute Gasteiger partial charge is 0.389 e. The van der Waals surface area contributed by atoms with Gasteiger partial charge in [0.2, 0.25) is 0 Å². The van der Waals surface area contributed by atoms with E-state index in [2.05, 4.69) is 0 Å². The first-order chi connectivity index (χ1) is 13.5. The average molecular weight is 439 g/mol. The number of carbonyl (C=O) groups is 1. The summed E-state index contributed by atoms with van der Waals surface area (Å²) < 4.78 is 77.9. The predicted octanol–water partition coefficient (Wildman–Crippen LogP) is 2.19. The molecule has 1 aromatic rings. The fourth-order valence-corrected chi connectivity index (χ4v) is 4.77. The van der Waals surface area contributed by atoms with Crippen LogP contribution in [0.4, 0.5) is 23.2 Å². The van der Waals surface area contributed by atoms with Gasteiger partial charge in [-0.1, -0.05) is 6.42 Å². The van der Waals surface area contributed by atoms with E-state index >= 15 is 4.39 Å². The van der Waals surface area contributed by atoms with Crippen LogP contribution in [-0.2, 0) is 28.0 Å². The second-order valence-electron chi connectivity index (χ2n) is 7.18. The number of nitrogens with one attached hydrogen (secondary N) is 1. The van der Waals surface area contributed by atoms with Crippen molar-refractivity contribution in [1.29, 1.82) is 0 Å². The molecule has 0 atom stereocenters. The van der Waals surface area contributed by atoms with E-state index in [4.69, 9.17) is 0 Å². The molecule has 0 bridgehead atoms. The molecular formula is C17H21F4N3O4S. The van der Waals surface area contributed by atoms with Gasteiger partial charge in [0, 0.05) is 25.1 Å². The summed E-state index contributed by atoms with van der Waals surface area (Å²) in [5.74, 6) is -2.31. The van der Waals surface area contributed by atoms with Crippen LogP contribution in [0.5, 0.6) is 5.75 Å². The third-order valence-electron chi connectivity index (χ3n) is 5.00. The summed E-state index contributed by atoms with van der Waals surface area (Å²) in [4.78, 5) is 13.3. The molecule has 162 valence electrons. The number of carbonyl (C=O) groups excluding carboxylic acids is 1. The van der Waals surface area contributed by atoms with Crippen molar-refractivity contribution in [1.82, 2.24) is 9.62 Å². The molecule has 0 saturated carbocycles. The van der Waals surface area contributed by atoms with E-state index in [0.717, 1.165) is 0 Å². The third-order valence-corrected chi connectivity index (χ3v) is 6.37. The van der Waals surface area contributed by atoms with Crippen molar-refractivity contribution < 1.29 is 35.9 Å². The lowest BCUT2D eigenvalue weighted by Gasteiger charge is -2.30. The van der Waals surface area contributed by atoms with Crippen molar-refractivity contribution in [2.45, 2.75) is 44.8 Å². The number of hydrogen-bond donors (Lipinski definition) is 2. The molecule has 12 heteroatoms. The molecule has 2 aliphatic heterocycles. The van der Waals surface area contributed by atoms with Gasteiger partial charge >= 0.3 is 16.4 Å². The zero-order valence-electron chi connectivity index (χ0n) is 15.4. The summed E-state index contributed by atoms with van der Waals surface area (Å²) >= 11 is 0. The number of alkyl halides is 3. The fourth-order valence-electron chi connectivity index (χ4n) is 3.60. The lowest BCUT2D eigenvalue weighted by atomic mass is 9.97. The highest BCUT2D eigenvalue weighted by Gasteiger charge is 2.39. The van der Waals surface area contributed by atoms with E-state index in [1.807, 2.05) is 4.90 Å². The van der Waals surface area contributed by atoms with Gasteiger partial charge in [0.05, 0.1) is 0 Å². The van der Waals surface area contributed by atoms with Crippen molar-refractivity contribution in [3.05, 3.63) is 23.0 Å². The summed E-state index contributed by atoms with van der Waals surface area (Å²) in [5, 5.41) is 10.2. The maximum Gasteiger partial charge on any atom is 0.389 e. The molecule has 7 nitrogen and oxygen atoms in total. The van der Waals surface area contributed by atoms with Crippen LogP contribution in [0.1, 0.15) is 36.8 Å². The van der Waals surface area contributed by atoms with Crippen LogP contribution in [0.25, 0.3) is 0 Å². The number of nitrogens with zero attached hydrogens (tertiary/aromatic N) is 2. The van der Waals surface area contributed by atoms with Gasteiger partial charge < -0.3 is 5.11 Å². The van der Waals surface area contributed by atoms with Crippen LogP contribution in [0, 0.1) is 5.82 Å². The van der Waals surface area contributed by atoms with Gasteiger partial charge in [-0.15, -0.1) is 0 Å². The van der Waals surface area contributed by atoms with E-state index in [-0.39, 0.29) is 18.5 Å². The van der Waals surface area contributed by atoms with Crippen LogP contribution in [-0.4, -0.2) is 50.1 Å².